The van der Waals surface area contributed by atoms with E-state index in [1.807, 2.05) is 4.90 Å². The molecule has 0 unspecified atom stereocenters. The number of hydrogen-bond donors (Lipinski definition) is 2. The standard InChI is InChI=1S/C13H24N2O2/c1-2-10-9-15(8-5-12(10)16)13(17)11-3-6-14-7-4-11/h10-12,14,16H,2-9H2,1H3/t10-,12-/m0/s1. The van der Waals surface area contributed by atoms with Crippen molar-refractivity contribution < 1.29 is 9.90 Å². The molecule has 17 heavy (non-hydrogen) atoms. The zero-order valence-electron chi connectivity index (χ0n) is 10.7. The molecule has 2 rings (SSSR count). The summed E-state index contributed by atoms with van der Waals surface area (Å²) in [6.45, 7) is 5.50. The average Bonchev–Trinajstić information content (AvgIpc) is 2.39. The first-order valence-corrected chi connectivity index (χ1v) is 6.90. The molecule has 2 fully saturated rings. The zero-order valence-corrected chi connectivity index (χ0v) is 10.7. The summed E-state index contributed by atoms with van der Waals surface area (Å²) in [5.74, 6) is 0.801. The number of nitrogens with zero attached hydrogens (tertiary/aromatic N) is 1. The molecule has 0 aliphatic carbocycles. The minimum Gasteiger partial charge on any atom is -0.393 e. The summed E-state index contributed by atoms with van der Waals surface area (Å²) in [5.41, 5.74) is 0. The van der Waals surface area contributed by atoms with E-state index in [-0.39, 0.29) is 17.9 Å². The predicted molar refractivity (Wildman–Crippen MR) is 66.6 cm³/mol. The van der Waals surface area contributed by atoms with Crippen molar-refractivity contribution in [3.63, 3.8) is 0 Å². The van der Waals surface area contributed by atoms with Crippen molar-refractivity contribution in [2.45, 2.75) is 38.7 Å². The molecule has 2 aliphatic heterocycles. The molecule has 0 aromatic heterocycles. The third kappa shape index (κ3) is 2.99. The second kappa shape index (κ2) is 5.83. The maximum absolute atomic E-state index is 12.3. The molecule has 0 spiro atoms. The van der Waals surface area contributed by atoms with Crippen LogP contribution in [0, 0.1) is 11.8 Å². The van der Waals surface area contributed by atoms with Gasteiger partial charge in [-0.2, -0.15) is 0 Å². The van der Waals surface area contributed by atoms with Crippen molar-refractivity contribution in [1.29, 1.82) is 0 Å². The maximum atomic E-state index is 12.3. The summed E-state index contributed by atoms with van der Waals surface area (Å²) in [6.07, 6.45) is 3.42. The van der Waals surface area contributed by atoms with Crippen LogP contribution in [0.4, 0.5) is 0 Å². The Morgan fingerprint density at radius 2 is 2.06 bits per heavy atom. The lowest BCUT2D eigenvalue weighted by molar-refractivity contribution is -0.140. The Kier molecular flexibility index (Phi) is 4.40. The molecule has 4 nitrogen and oxygen atoms in total. The smallest absolute Gasteiger partial charge is 0.225 e. The summed E-state index contributed by atoms with van der Waals surface area (Å²) >= 11 is 0. The van der Waals surface area contributed by atoms with Gasteiger partial charge in [-0.25, -0.2) is 0 Å². The Morgan fingerprint density at radius 3 is 2.71 bits per heavy atom. The monoisotopic (exact) mass is 240 g/mol. The van der Waals surface area contributed by atoms with Gasteiger partial charge in [0.2, 0.25) is 5.91 Å². The Bertz CT molecular complexity index is 264. The number of piperidine rings is 2. The Morgan fingerprint density at radius 1 is 1.35 bits per heavy atom. The van der Waals surface area contributed by atoms with Gasteiger partial charge >= 0.3 is 0 Å². The molecule has 1 amide bonds. The van der Waals surface area contributed by atoms with Gasteiger partial charge in [-0.3, -0.25) is 4.79 Å². The van der Waals surface area contributed by atoms with Crippen molar-refractivity contribution >= 4 is 5.91 Å². The van der Waals surface area contributed by atoms with Gasteiger partial charge in [0.15, 0.2) is 0 Å². The van der Waals surface area contributed by atoms with Gasteiger partial charge in [-0.1, -0.05) is 6.92 Å². The number of aliphatic hydroxyl groups is 1. The number of nitrogens with one attached hydrogen (secondary N) is 1. The lowest BCUT2D eigenvalue weighted by Gasteiger charge is -2.38. The third-order valence-electron chi connectivity index (χ3n) is 4.22. The van der Waals surface area contributed by atoms with Crippen molar-refractivity contribution in [2.75, 3.05) is 26.2 Å². The predicted octanol–water partition coefficient (Wildman–Crippen LogP) is 0.605. The van der Waals surface area contributed by atoms with Crippen LogP contribution in [0.1, 0.15) is 32.6 Å². The molecule has 0 saturated carbocycles. The number of amides is 1. The molecule has 2 N–H and O–H groups in total. The minimum atomic E-state index is -0.211. The van der Waals surface area contributed by atoms with Crippen LogP contribution < -0.4 is 5.32 Å². The molecule has 98 valence electrons. The van der Waals surface area contributed by atoms with Gasteiger partial charge in [0, 0.05) is 24.9 Å². The fraction of sp³-hybridized carbons (Fsp3) is 0.923. The first-order chi connectivity index (χ1) is 8.22. The lowest BCUT2D eigenvalue weighted by atomic mass is 9.90. The largest absolute Gasteiger partial charge is 0.393 e. The van der Waals surface area contributed by atoms with E-state index in [9.17, 15) is 9.90 Å². The normalized spacial score (nSPS) is 31.5. The molecule has 4 heteroatoms. The minimum absolute atomic E-state index is 0.211. The van der Waals surface area contributed by atoms with E-state index in [1.54, 1.807) is 0 Å². The third-order valence-corrected chi connectivity index (χ3v) is 4.22. The van der Waals surface area contributed by atoms with Crippen molar-refractivity contribution in [1.82, 2.24) is 10.2 Å². The molecular weight excluding hydrogens is 216 g/mol. The van der Waals surface area contributed by atoms with E-state index < -0.39 is 0 Å². The summed E-state index contributed by atoms with van der Waals surface area (Å²) in [4.78, 5) is 14.3. The SMILES string of the molecule is CC[C@H]1CN(C(=O)C2CCNCC2)CC[C@@H]1O. The molecular formula is C13H24N2O2. The summed E-state index contributed by atoms with van der Waals surface area (Å²) < 4.78 is 0. The number of carbonyl (C=O) groups excluding carboxylic acids is 1. The fourth-order valence-electron chi connectivity index (χ4n) is 2.95. The highest BCUT2D eigenvalue weighted by molar-refractivity contribution is 5.79. The van der Waals surface area contributed by atoms with Gasteiger partial charge in [0.05, 0.1) is 6.10 Å². The van der Waals surface area contributed by atoms with E-state index in [1.165, 1.54) is 0 Å². The molecule has 0 radical (unpaired) electrons. The molecule has 2 heterocycles. The van der Waals surface area contributed by atoms with Gasteiger partial charge in [0.1, 0.15) is 0 Å². The Labute approximate surface area is 103 Å². The van der Waals surface area contributed by atoms with E-state index in [0.29, 0.717) is 5.91 Å². The van der Waals surface area contributed by atoms with Gasteiger partial charge in [-0.15, -0.1) is 0 Å². The van der Waals surface area contributed by atoms with E-state index >= 15 is 0 Å². The highest BCUT2D eigenvalue weighted by Crippen LogP contribution is 2.23. The van der Waals surface area contributed by atoms with E-state index in [0.717, 1.165) is 51.9 Å². The molecule has 0 aromatic carbocycles. The van der Waals surface area contributed by atoms with Crippen LogP contribution in [0.5, 0.6) is 0 Å². The van der Waals surface area contributed by atoms with Crippen LogP contribution >= 0.6 is 0 Å². The van der Waals surface area contributed by atoms with Crippen LogP contribution in [0.2, 0.25) is 0 Å². The topological polar surface area (TPSA) is 52.6 Å². The summed E-state index contributed by atoms with van der Waals surface area (Å²) in [5, 5.41) is 13.1. The van der Waals surface area contributed by atoms with Crippen LogP contribution in [0.15, 0.2) is 0 Å². The summed E-state index contributed by atoms with van der Waals surface area (Å²) in [7, 11) is 0. The van der Waals surface area contributed by atoms with Crippen LogP contribution in [0.3, 0.4) is 0 Å². The van der Waals surface area contributed by atoms with Gasteiger partial charge in [-0.05, 0) is 38.8 Å². The lowest BCUT2D eigenvalue weighted by Crippen LogP contribution is -2.49. The molecule has 0 aromatic rings. The fourth-order valence-corrected chi connectivity index (χ4v) is 2.95. The van der Waals surface area contributed by atoms with Crippen LogP contribution in [-0.2, 0) is 4.79 Å². The van der Waals surface area contributed by atoms with Crippen LogP contribution in [-0.4, -0.2) is 48.2 Å². The Balaban J connectivity index is 1.90. The van der Waals surface area contributed by atoms with E-state index in [4.69, 9.17) is 0 Å². The molecule has 2 aliphatic rings. The number of aliphatic hydroxyl groups excluding tert-OH is 1. The van der Waals surface area contributed by atoms with Gasteiger partial charge < -0.3 is 15.3 Å². The van der Waals surface area contributed by atoms with Crippen molar-refractivity contribution in [2.24, 2.45) is 11.8 Å². The number of likely N-dealkylation sites (tertiary alicyclic amines) is 1. The zero-order chi connectivity index (χ0) is 12.3. The second-order valence-corrected chi connectivity index (χ2v) is 5.33. The molecule has 0 bridgehead atoms. The first-order valence-electron chi connectivity index (χ1n) is 6.90. The highest BCUT2D eigenvalue weighted by atomic mass is 16.3. The average molecular weight is 240 g/mol. The first kappa shape index (κ1) is 12.8. The van der Waals surface area contributed by atoms with Gasteiger partial charge in [0.25, 0.3) is 0 Å². The second-order valence-electron chi connectivity index (χ2n) is 5.33. The maximum Gasteiger partial charge on any atom is 0.225 e. The van der Waals surface area contributed by atoms with E-state index in [2.05, 4.69) is 12.2 Å². The van der Waals surface area contributed by atoms with Crippen LogP contribution in [0.25, 0.3) is 0 Å². The Hall–Kier alpha value is -0.610. The number of rotatable bonds is 2. The van der Waals surface area contributed by atoms with Crippen molar-refractivity contribution in [3.05, 3.63) is 0 Å². The number of carbonyl (C=O) groups is 1. The van der Waals surface area contributed by atoms with Crippen molar-refractivity contribution in [3.8, 4) is 0 Å². The molecule has 2 atom stereocenters. The quantitative estimate of drug-likeness (QED) is 0.743. The summed E-state index contributed by atoms with van der Waals surface area (Å²) in [6, 6.07) is 0. The molecule has 2 saturated heterocycles. The number of hydrogen-bond acceptors (Lipinski definition) is 3. The highest BCUT2D eigenvalue weighted by Gasteiger charge is 2.32.